The van der Waals surface area contributed by atoms with Crippen LogP contribution in [0.15, 0.2) is 51.6 Å². The Balaban J connectivity index is 2.02. The summed E-state index contributed by atoms with van der Waals surface area (Å²) in [6.07, 6.45) is 1.52. The number of anilines is 1. The van der Waals surface area contributed by atoms with E-state index in [-0.39, 0.29) is 11.7 Å². The summed E-state index contributed by atoms with van der Waals surface area (Å²) in [7, 11) is 0. The molecule has 1 heterocycles. The smallest absolute Gasteiger partial charge is 0.294 e. The van der Waals surface area contributed by atoms with Gasteiger partial charge in [-0.25, -0.2) is 0 Å². The minimum absolute atomic E-state index is 0.233. The average Bonchev–Trinajstić information content (AvgIpc) is 2.88. The third-order valence-electron chi connectivity index (χ3n) is 3.07. The molecule has 3 aromatic rings. The van der Waals surface area contributed by atoms with E-state index >= 15 is 0 Å². The average molecular weight is 331 g/mol. The first-order valence-corrected chi connectivity index (χ1v) is 6.86. The number of hydrogen-bond acceptors (Lipinski definition) is 3. The van der Waals surface area contributed by atoms with Crippen LogP contribution in [0.1, 0.15) is 16.1 Å². The Morgan fingerprint density at radius 2 is 1.95 bits per heavy atom. The quantitative estimate of drug-likeness (QED) is 0.767. The van der Waals surface area contributed by atoms with Gasteiger partial charge in [0.1, 0.15) is 0 Å². The van der Waals surface area contributed by atoms with Crippen molar-refractivity contribution in [2.75, 3.05) is 5.32 Å². The van der Waals surface area contributed by atoms with Gasteiger partial charge in [0, 0.05) is 21.1 Å². The predicted molar refractivity (Wildman–Crippen MR) is 80.8 cm³/mol. The molecule has 0 aliphatic heterocycles. The summed E-state index contributed by atoms with van der Waals surface area (Å²) in [4.78, 5) is 12.2. The van der Waals surface area contributed by atoms with Gasteiger partial charge >= 0.3 is 0 Å². The maximum absolute atomic E-state index is 12.2. The molecule has 100 valence electrons. The van der Waals surface area contributed by atoms with Gasteiger partial charge in [-0.15, -0.1) is 0 Å². The van der Waals surface area contributed by atoms with E-state index < -0.39 is 0 Å². The molecule has 1 amide bonds. The van der Waals surface area contributed by atoms with Crippen molar-refractivity contribution in [1.29, 1.82) is 0 Å². The highest BCUT2D eigenvalue weighted by atomic mass is 79.9. The second kappa shape index (κ2) is 5.09. The molecule has 2 aromatic carbocycles. The lowest BCUT2D eigenvalue weighted by atomic mass is 10.1. The van der Waals surface area contributed by atoms with Crippen molar-refractivity contribution in [3.8, 4) is 0 Å². The second-order valence-electron chi connectivity index (χ2n) is 4.43. The van der Waals surface area contributed by atoms with Gasteiger partial charge in [0.2, 0.25) is 5.76 Å². The molecule has 1 aromatic heterocycles. The van der Waals surface area contributed by atoms with Crippen molar-refractivity contribution < 1.29 is 9.32 Å². The maximum atomic E-state index is 12.2. The van der Waals surface area contributed by atoms with Gasteiger partial charge in [0.25, 0.3) is 5.91 Å². The standard InChI is InChI=1S/C15H11BrN2O2/c1-9-8-17-20-14(9)15(19)18-13-7-6-12(16)10-4-2-3-5-11(10)13/h2-8H,1H3,(H,18,19). The molecule has 0 atom stereocenters. The zero-order chi connectivity index (χ0) is 14.1. The fourth-order valence-electron chi connectivity index (χ4n) is 2.06. The molecule has 0 aliphatic carbocycles. The van der Waals surface area contributed by atoms with Crippen LogP contribution in [0.3, 0.4) is 0 Å². The fraction of sp³-hybridized carbons (Fsp3) is 0.0667. The van der Waals surface area contributed by atoms with E-state index in [1.807, 2.05) is 36.4 Å². The third kappa shape index (κ3) is 2.20. The number of fused-ring (bicyclic) bond motifs is 1. The van der Waals surface area contributed by atoms with Gasteiger partial charge in [-0.1, -0.05) is 45.4 Å². The van der Waals surface area contributed by atoms with Crippen molar-refractivity contribution in [3.05, 3.63) is 58.4 Å². The number of nitrogens with one attached hydrogen (secondary N) is 1. The molecule has 0 fully saturated rings. The van der Waals surface area contributed by atoms with Crippen LogP contribution in [0.5, 0.6) is 0 Å². The SMILES string of the molecule is Cc1cnoc1C(=O)Nc1ccc(Br)c2ccccc12. The third-order valence-corrected chi connectivity index (χ3v) is 3.77. The number of aryl methyl sites for hydroxylation is 1. The number of amides is 1. The minimum atomic E-state index is -0.299. The highest BCUT2D eigenvalue weighted by molar-refractivity contribution is 9.10. The van der Waals surface area contributed by atoms with Crippen LogP contribution in [-0.4, -0.2) is 11.1 Å². The molecule has 3 rings (SSSR count). The summed E-state index contributed by atoms with van der Waals surface area (Å²) in [6, 6.07) is 11.6. The van der Waals surface area contributed by atoms with E-state index in [2.05, 4.69) is 26.4 Å². The van der Waals surface area contributed by atoms with Gasteiger partial charge in [0.15, 0.2) is 0 Å². The van der Waals surface area contributed by atoms with E-state index in [1.54, 1.807) is 6.92 Å². The summed E-state index contributed by atoms with van der Waals surface area (Å²) in [6.45, 7) is 1.78. The molecular formula is C15H11BrN2O2. The summed E-state index contributed by atoms with van der Waals surface area (Å²) in [5, 5.41) is 8.49. The largest absolute Gasteiger partial charge is 0.351 e. The van der Waals surface area contributed by atoms with Crippen LogP contribution in [0, 0.1) is 6.92 Å². The lowest BCUT2D eigenvalue weighted by Gasteiger charge is -2.09. The molecule has 0 unspecified atom stereocenters. The van der Waals surface area contributed by atoms with Crippen LogP contribution in [0.4, 0.5) is 5.69 Å². The van der Waals surface area contributed by atoms with Crippen LogP contribution < -0.4 is 5.32 Å². The van der Waals surface area contributed by atoms with Crippen LogP contribution >= 0.6 is 15.9 Å². The minimum Gasteiger partial charge on any atom is -0.351 e. The monoisotopic (exact) mass is 330 g/mol. The lowest BCUT2D eigenvalue weighted by molar-refractivity contribution is 0.0987. The maximum Gasteiger partial charge on any atom is 0.294 e. The second-order valence-corrected chi connectivity index (χ2v) is 5.29. The van der Waals surface area contributed by atoms with Gasteiger partial charge < -0.3 is 9.84 Å². The molecular weight excluding hydrogens is 320 g/mol. The van der Waals surface area contributed by atoms with Crippen LogP contribution in [0.2, 0.25) is 0 Å². The number of benzene rings is 2. The first-order chi connectivity index (χ1) is 9.66. The van der Waals surface area contributed by atoms with Crippen molar-refractivity contribution >= 4 is 38.3 Å². The van der Waals surface area contributed by atoms with Crippen molar-refractivity contribution in [2.45, 2.75) is 6.92 Å². The molecule has 0 saturated carbocycles. The van der Waals surface area contributed by atoms with Gasteiger partial charge in [0.05, 0.1) is 6.20 Å². The van der Waals surface area contributed by atoms with E-state index in [1.165, 1.54) is 6.20 Å². The molecule has 4 nitrogen and oxygen atoms in total. The van der Waals surface area contributed by atoms with Crippen LogP contribution in [0.25, 0.3) is 10.8 Å². The Bertz CT molecular complexity index is 795. The summed E-state index contributed by atoms with van der Waals surface area (Å²) in [5.74, 6) is -0.0653. The number of hydrogen-bond donors (Lipinski definition) is 1. The summed E-state index contributed by atoms with van der Waals surface area (Å²) in [5.41, 5.74) is 1.45. The van der Waals surface area contributed by atoms with Crippen molar-refractivity contribution in [3.63, 3.8) is 0 Å². The molecule has 1 N–H and O–H groups in total. The van der Waals surface area contributed by atoms with Gasteiger partial charge in [-0.05, 0) is 24.4 Å². The topological polar surface area (TPSA) is 55.1 Å². The van der Waals surface area contributed by atoms with E-state index in [9.17, 15) is 4.79 Å². The molecule has 5 heteroatoms. The molecule has 0 radical (unpaired) electrons. The van der Waals surface area contributed by atoms with E-state index in [0.717, 1.165) is 20.9 Å². The first kappa shape index (κ1) is 12.9. The normalized spacial score (nSPS) is 10.7. The van der Waals surface area contributed by atoms with E-state index in [0.29, 0.717) is 5.56 Å². The Labute approximate surface area is 123 Å². The Morgan fingerprint density at radius 1 is 1.20 bits per heavy atom. The molecule has 0 bridgehead atoms. The highest BCUT2D eigenvalue weighted by Gasteiger charge is 2.15. The summed E-state index contributed by atoms with van der Waals surface area (Å²) < 4.78 is 5.95. The molecule has 0 aliphatic rings. The van der Waals surface area contributed by atoms with Crippen LogP contribution in [-0.2, 0) is 0 Å². The highest BCUT2D eigenvalue weighted by Crippen LogP contribution is 2.30. The van der Waals surface area contributed by atoms with E-state index in [4.69, 9.17) is 4.52 Å². The Morgan fingerprint density at radius 3 is 2.65 bits per heavy atom. The zero-order valence-electron chi connectivity index (χ0n) is 10.7. The van der Waals surface area contributed by atoms with Gasteiger partial charge in [-0.3, -0.25) is 4.79 Å². The number of carbonyl (C=O) groups excluding carboxylic acids is 1. The Hall–Kier alpha value is -2.14. The number of rotatable bonds is 2. The molecule has 0 saturated heterocycles. The molecule has 20 heavy (non-hydrogen) atoms. The van der Waals surface area contributed by atoms with Crippen molar-refractivity contribution in [2.24, 2.45) is 0 Å². The lowest BCUT2D eigenvalue weighted by Crippen LogP contribution is -2.12. The summed E-state index contributed by atoms with van der Waals surface area (Å²) >= 11 is 3.51. The number of aromatic nitrogens is 1. The first-order valence-electron chi connectivity index (χ1n) is 6.06. The Kier molecular flexibility index (Phi) is 3.28. The predicted octanol–water partition coefficient (Wildman–Crippen LogP) is 4.15. The zero-order valence-corrected chi connectivity index (χ0v) is 12.3. The number of halogens is 1. The van der Waals surface area contributed by atoms with Crippen molar-refractivity contribution in [1.82, 2.24) is 5.16 Å². The molecule has 0 spiro atoms. The fourth-order valence-corrected chi connectivity index (χ4v) is 2.54. The van der Waals surface area contributed by atoms with Gasteiger partial charge in [-0.2, -0.15) is 0 Å². The number of carbonyl (C=O) groups is 1. The number of nitrogens with zero attached hydrogens (tertiary/aromatic N) is 1.